The largest absolute Gasteiger partial charge is 0.376 e. The van der Waals surface area contributed by atoms with E-state index >= 15 is 0 Å². The summed E-state index contributed by atoms with van der Waals surface area (Å²) in [6.07, 6.45) is 11.1. The van der Waals surface area contributed by atoms with Gasteiger partial charge in [0.1, 0.15) is 11.0 Å². The van der Waals surface area contributed by atoms with Gasteiger partial charge in [0.05, 0.1) is 46.7 Å². The predicted octanol–water partition coefficient (Wildman–Crippen LogP) is 4.01. The molecule has 1 fully saturated rings. The second-order valence-corrected chi connectivity index (χ2v) is 8.68. The van der Waals surface area contributed by atoms with E-state index in [0.717, 1.165) is 57.8 Å². The van der Waals surface area contributed by atoms with E-state index in [1.807, 2.05) is 55.9 Å². The first-order valence-electron chi connectivity index (χ1n) is 11.2. The molecule has 33 heavy (non-hydrogen) atoms. The molecule has 166 valence electrons. The molecule has 1 aliphatic heterocycles. The number of fused-ring (bicyclic) bond motifs is 2. The molecule has 0 aliphatic carbocycles. The summed E-state index contributed by atoms with van der Waals surface area (Å²) in [6, 6.07) is 6.07. The van der Waals surface area contributed by atoms with Gasteiger partial charge in [-0.3, -0.25) is 15.1 Å². The number of pyridine rings is 3. The predicted molar refractivity (Wildman–Crippen MR) is 130 cm³/mol. The maximum absolute atomic E-state index is 4.94. The van der Waals surface area contributed by atoms with E-state index in [1.54, 1.807) is 0 Å². The molecule has 0 bridgehead atoms. The molecule has 1 aliphatic rings. The third-order valence-corrected chi connectivity index (χ3v) is 6.24. The van der Waals surface area contributed by atoms with Gasteiger partial charge in [0.2, 0.25) is 0 Å². The van der Waals surface area contributed by atoms with E-state index in [2.05, 4.69) is 36.1 Å². The SMILES string of the molecule is CN(C)c1cncc(-c2ccc3[nH]nc(-c4nc5c(N6CCCCC6)cncc5[nH]4)c3n2)c1. The van der Waals surface area contributed by atoms with Gasteiger partial charge >= 0.3 is 0 Å². The zero-order chi connectivity index (χ0) is 22.4. The van der Waals surface area contributed by atoms with Crippen LogP contribution in [0.3, 0.4) is 0 Å². The Hall–Kier alpha value is -4.01. The maximum Gasteiger partial charge on any atom is 0.161 e. The molecule has 0 amide bonds. The first-order valence-corrected chi connectivity index (χ1v) is 11.2. The highest BCUT2D eigenvalue weighted by Gasteiger charge is 2.20. The minimum absolute atomic E-state index is 0.687. The van der Waals surface area contributed by atoms with Crippen LogP contribution in [0.4, 0.5) is 11.4 Å². The lowest BCUT2D eigenvalue weighted by Crippen LogP contribution is -2.29. The summed E-state index contributed by atoms with van der Waals surface area (Å²) in [5.74, 6) is 0.687. The van der Waals surface area contributed by atoms with E-state index < -0.39 is 0 Å². The zero-order valence-corrected chi connectivity index (χ0v) is 18.7. The van der Waals surface area contributed by atoms with Crippen LogP contribution in [-0.2, 0) is 0 Å². The van der Waals surface area contributed by atoms with Crippen LogP contribution in [-0.4, -0.2) is 62.3 Å². The fourth-order valence-corrected chi connectivity index (χ4v) is 4.43. The van der Waals surface area contributed by atoms with Crippen molar-refractivity contribution in [3.63, 3.8) is 0 Å². The molecule has 2 N–H and O–H groups in total. The van der Waals surface area contributed by atoms with E-state index in [0.29, 0.717) is 11.5 Å². The zero-order valence-electron chi connectivity index (χ0n) is 18.7. The van der Waals surface area contributed by atoms with Crippen molar-refractivity contribution in [1.82, 2.24) is 35.1 Å². The van der Waals surface area contributed by atoms with E-state index in [9.17, 15) is 0 Å². The summed E-state index contributed by atoms with van der Waals surface area (Å²) in [6.45, 7) is 2.08. The molecular weight excluding hydrogens is 414 g/mol. The van der Waals surface area contributed by atoms with Crippen LogP contribution in [0.2, 0.25) is 0 Å². The van der Waals surface area contributed by atoms with Gasteiger partial charge in [-0.05, 0) is 37.5 Å². The topological polar surface area (TPSA) is 103 Å². The standard InChI is InChI=1S/C24H25N9/c1-32(2)16-10-15(11-25-12-16)17-6-7-18-22(27-17)23(31-30-18)24-28-19-13-26-14-20(21(19)29-24)33-8-4-3-5-9-33/h6-7,10-14H,3-5,8-9H2,1-2H3,(H,28,29)(H,30,31). The van der Waals surface area contributed by atoms with Gasteiger partial charge in [-0.15, -0.1) is 0 Å². The third kappa shape index (κ3) is 3.45. The number of aromatic amines is 2. The molecule has 0 unspecified atom stereocenters. The summed E-state index contributed by atoms with van der Waals surface area (Å²) < 4.78 is 0. The molecule has 0 saturated carbocycles. The van der Waals surface area contributed by atoms with Crippen molar-refractivity contribution in [2.24, 2.45) is 0 Å². The summed E-state index contributed by atoms with van der Waals surface area (Å²) in [7, 11) is 4.00. The Kier molecular flexibility index (Phi) is 4.67. The quantitative estimate of drug-likeness (QED) is 0.436. The highest BCUT2D eigenvalue weighted by atomic mass is 15.2. The van der Waals surface area contributed by atoms with E-state index in [1.165, 1.54) is 19.3 Å². The number of H-pyrrole nitrogens is 2. The van der Waals surface area contributed by atoms with Crippen molar-refractivity contribution in [1.29, 1.82) is 0 Å². The molecular formula is C24H25N9. The normalized spacial score (nSPS) is 14.3. The highest BCUT2D eigenvalue weighted by molar-refractivity contribution is 5.94. The number of piperidine rings is 1. The summed E-state index contributed by atoms with van der Waals surface area (Å²) >= 11 is 0. The Labute approximate surface area is 190 Å². The molecule has 9 nitrogen and oxygen atoms in total. The van der Waals surface area contributed by atoms with Crippen LogP contribution < -0.4 is 9.80 Å². The Morgan fingerprint density at radius 1 is 0.879 bits per heavy atom. The molecule has 6 heterocycles. The summed E-state index contributed by atoms with van der Waals surface area (Å²) in [5.41, 5.74) is 8.07. The van der Waals surface area contributed by atoms with Crippen molar-refractivity contribution in [3.05, 3.63) is 43.0 Å². The van der Waals surface area contributed by atoms with Crippen LogP contribution in [0.15, 0.2) is 43.0 Å². The maximum atomic E-state index is 4.94. The number of anilines is 2. The van der Waals surface area contributed by atoms with Crippen LogP contribution in [0.25, 0.3) is 44.8 Å². The van der Waals surface area contributed by atoms with Crippen LogP contribution in [0.1, 0.15) is 19.3 Å². The average molecular weight is 440 g/mol. The van der Waals surface area contributed by atoms with Crippen LogP contribution in [0.5, 0.6) is 0 Å². The summed E-state index contributed by atoms with van der Waals surface area (Å²) in [4.78, 5) is 26.5. The molecule has 6 rings (SSSR count). The summed E-state index contributed by atoms with van der Waals surface area (Å²) in [5, 5.41) is 7.64. The fraction of sp³-hybridized carbons (Fsp3) is 0.292. The molecule has 0 radical (unpaired) electrons. The number of nitrogens with zero attached hydrogens (tertiary/aromatic N) is 7. The number of hydrogen-bond donors (Lipinski definition) is 2. The van der Waals surface area contributed by atoms with Crippen LogP contribution >= 0.6 is 0 Å². The Bertz CT molecular complexity index is 1440. The van der Waals surface area contributed by atoms with Gasteiger partial charge < -0.3 is 14.8 Å². The van der Waals surface area contributed by atoms with Gasteiger partial charge in [0.25, 0.3) is 0 Å². The lowest BCUT2D eigenvalue weighted by atomic mass is 10.1. The average Bonchev–Trinajstić information content (AvgIpc) is 3.48. The number of imidazole rings is 1. The number of rotatable bonds is 4. The molecule has 1 saturated heterocycles. The Morgan fingerprint density at radius 3 is 2.58 bits per heavy atom. The van der Waals surface area contributed by atoms with Crippen molar-refractivity contribution >= 4 is 33.4 Å². The van der Waals surface area contributed by atoms with E-state index in [-0.39, 0.29) is 0 Å². The number of aromatic nitrogens is 7. The van der Waals surface area contributed by atoms with Crippen molar-refractivity contribution < 1.29 is 0 Å². The molecule has 5 aromatic heterocycles. The first kappa shape index (κ1) is 19.7. The van der Waals surface area contributed by atoms with Crippen molar-refractivity contribution in [2.75, 3.05) is 37.0 Å². The third-order valence-electron chi connectivity index (χ3n) is 6.24. The van der Waals surface area contributed by atoms with Gasteiger partial charge in [-0.2, -0.15) is 5.10 Å². The Morgan fingerprint density at radius 2 is 1.73 bits per heavy atom. The van der Waals surface area contributed by atoms with Gasteiger partial charge in [-0.25, -0.2) is 9.97 Å². The van der Waals surface area contributed by atoms with Crippen molar-refractivity contribution in [2.45, 2.75) is 19.3 Å². The lowest BCUT2D eigenvalue weighted by molar-refractivity contribution is 0.578. The minimum atomic E-state index is 0.687. The fourth-order valence-electron chi connectivity index (χ4n) is 4.43. The monoisotopic (exact) mass is 439 g/mol. The number of nitrogens with one attached hydrogen (secondary N) is 2. The van der Waals surface area contributed by atoms with Crippen molar-refractivity contribution in [3.8, 4) is 22.8 Å². The first-order chi connectivity index (χ1) is 16.2. The molecule has 5 aromatic rings. The molecule has 0 aromatic carbocycles. The highest BCUT2D eigenvalue weighted by Crippen LogP contribution is 2.31. The van der Waals surface area contributed by atoms with Gasteiger partial charge in [0, 0.05) is 38.9 Å². The second-order valence-electron chi connectivity index (χ2n) is 8.68. The lowest BCUT2D eigenvalue weighted by Gasteiger charge is -2.28. The second kappa shape index (κ2) is 7.84. The minimum Gasteiger partial charge on any atom is -0.376 e. The van der Waals surface area contributed by atoms with E-state index in [4.69, 9.17) is 9.97 Å². The molecule has 0 spiro atoms. The number of hydrogen-bond acceptors (Lipinski definition) is 7. The Balaban J connectivity index is 1.44. The molecule has 9 heteroatoms. The smallest absolute Gasteiger partial charge is 0.161 e. The van der Waals surface area contributed by atoms with Crippen LogP contribution in [0, 0.1) is 0 Å². The van der Waals surface area contributed by atoms with Gasteiger partial charge in [0.15, 0.2) is 11.5 Å². The molecule has 0 atom stereocenters. The van der Waals surface area contributed by atoms with Gasteiger partial charge in [-0.1, -0.05) is 0 Å².